The van der Waals surface area contributed by atoms with Crippen molar-refractivity contribution in [2.24, 2.45) is 0 Å². The third-order valence-electron chi connectivity index (χ3n) is 5.68. The number of furan rings is 1. The number of ether oxygens (including phenoxy) is 1. The molecular weight excluding hydrogens is 394 g/mol. The van der Waals surface area contributed by atoms with Crippen molar-refractivity contribution in [2.75, 3.05) is 25.0 Å². The second kappa shape index (κ2) is 10.5. The van der Waals surface area contributed by atoms with Gasteiger partial charge in [-0.25, -0.2) is 4.79 Å². The first-order valence-electron chi connectivity index (χ1n) is 10.9. The Morgan fingerprint density at radius 3 is 2.61 bits per heavy atom. The van der Waals surface area contributed by atoms with Gasteiger partial charge in [-0.1, -0.05) is 6.07 Å². The van der Waals surface area contributed by atoms with E-state index >= 15 is 0 Å². The summed E-state index contributed by atoms with van der Waals surface area (Å²) in [5.74, 6) is 0.581. The summed E-state index contributed by atoms with van der Waals surface area (Å²) in [5, 5.41) is 2.93. The molecule has 1 aliphatic rings. The lowest BCUT2D eigenvalue weighted by atomic mass is 10.1. The number of anilines is 1. The maximum Gasteiger partial charge on any atom is 0.322 e. The number of rotatable bonds is 8. The zero-order chi connectivity index (χ0) is 22.4. The van der Waals surface area contributed by atoms with Gasteiger partial charge in [0.2, 0.25) is 5.91 Å². The van der Waals surface area contributed by atoms with Crippen molar-refractivity contribution in [2.45, 2.75) is 59.2 Å². The lowest BCUT2D eigenvalue weighted by molar-refractivity contribution is -0.134. The van der Waals surface area contributed by atoms with E-state index in [1.807, 2.05) is 58.0 Å². The Bertz CT molecular complexity index is 873. The number of urea groups is 1. The summed E-state index contributed by atoms with van der Waals surface area (Å²) in [5.41, 5.74) is 2.99. The van der Waals surface area contributed by atoms with E-state index in [1.54, 1.807) is 16.1 Å². The molecule has 31 heavy (non-hydrogen) atoms. The van der Waals surface area contributed by atoms with Gasteiger partial charge in [0.05, 0.1) is 18.9 Å². The van der Waals surface area contributed by atoms with Gasteiger partial charge in [0.25, 0.3) is 0 Å². The summed E-state index contributed by atoms with van der Waals surface area (Å²) in [6, 6.07) is 9.02. The second-order valence-corrected chi connectivity index (χ2v) is 8.44. The standard InChI is InChI=1S/C24H33N3O4/c1-17(2)27(24(29)25-20-10-9-18(3)19(4)13-20)16-23(28)26(14-21-7-5-11-30-21)15-22-8-6-12-31-22/h5,7,9-11,13,17,22H,6,8,12,14-16H2,1-4H3,(H,25,29)/t22-/m1/s1. The molecule has 7 heteroatoms. The molecule has 0 aliphatic carbocycles. The molecule has 1 aromatic carbocycles. The largest absolute Gasteiger partial charge is 0.467 e. The van der Waals surface area contributed by atoms with Gasteiger partial charge in [-0.2, -0.15) is 0 Å². The van der Waals surface area contributed by atoms with E-state index in [2.05, 4.69) is 5.32 Å². The molecule has 1 aliphatic heterocycles. The van der Waals surface area contributed by atoms with E-state index in [1.165, 1.54) is 0 Å². The molecule has 1 fully saturated rings. The van der Waals surface area contributed by atoms with Crippen LogP contribution < -0.4 is 5.32 Å². The number of hydrogen-bond acceptors (Lipinski definition) is 4. The van der Waals surface area contributed by atoms with Crippen LogP contribution in [0.15, 0.2) is 41.0 Å². The molecule has 7 nitrogen and oxygen atoms in total. The molecule has 168 valence electrons. The van der Waals surface area contributed by atoms with E-state index < -0.39 is 0 Å². The SMILES string of the molecule is Cc1ccc(NC(=O)N(CC(=O)N(Cc2ccco2)C[C@H]2CCCO2)C(C)C)cc1C. The first-order valence-corrected chi connectivity index (χ1v) is 10.9. The van der Waals surface area contributed by atoms with Crippen LogP contribution in [0.5, 0.6) is 0 Å². The molecule has 0 unspecified atom stereocenters. The van der Waals surface area contributed by atoms with Gasteiger partial charge in [0.15, 0.2) is 0 Å². The minimum Gasteiger partial charge on any atom is -0.467 e. The Kier molecular flexibility index (Phi) is 7.74. The molecule has 3 amide bonds. The van der Waals surface area contributed by atoms with Crippen LogP contribution in [0.25, 0.3) is 0 Å². The molecule has 1 N–H and O–H groups in total. The number of benzene rings is 1. The van der Waals surface area contributed by atoms with Crippen LogP contribution in [-0.2, 0) is 16.1 Å². The molecule has 2 aromatic rings. The third-order valence-corrected chi connectivity index (χ3v) is 5.68. The van der Waals surface area contributed by atoms with Gasteiger partial charge < -0.3 is 24.3 Å². The molecule has 1 saturated heterocycles. The van der Waals surface area contributed by atoms with Crippen molar-refractivity contribution in [3.05, 3.63) is 53.5 Å². The summed E-state index contributed by atoms with van der Waals surface area (Å²) in [6.45, 7) is 9.41. The number of carbonyl (C=O) groups excluding carboxylic acids is 2. The number of aryl methyl sites for hydroxylation is 2. The Labute approximate surface area is 184 Å². The average molecular weight is 428 g/mol. The predicted molar refractivity (Wildman–Crippen MR) is 120 cm³/mol. The molecule has 1 atom stereocenters. The van der Waals surface area contributed by atoms with Gasteiger partial charge in [-0.15, -0.1) is 0 Å². The highest BCUT2D eigenvalue weighted by atomic mass is 16.5. The minimum atomic E-state index is -0.290. The fourth-order valence-electron chi connectivity index (χ4n) is 3.63. The van der Waals surface area contributed by atoms with E-state index in [9.17, 15) is 9.59 Å². The van der Waals surface area contributed by atoms with Crippen LogP contribution >= 0.6 is 0 Å². The maximum atomic E-state index is 13.2. The van der Waals surface area contributed by atoms with Crippen molar-refractivity contribution in [1.29, 1.82) is 0 Å². The fraction of sp³-hybridized carbons (Fsp3) is 0.500. The maximum absolute atomic E-state index is 13.2. The normalized spacial score (nSPS) is 15.8. The highest BCUT2D eigenvalue weighted by molar-refractivity contribution is 5.92. The molecule has 0 radical (unpaired) electrons. The number of nitrogens with one attached hydrogen (secondary N) is 1. The summed E-state index contributed by atoms with van der Waals surface area (Å²) in [6.07, 6.45) is 3.56. The van der Waals surface area contributed by atoms with Crippen LogP contribution in [-0.4, -0.2) is 53.6 Å². The molecule has 0 bridgehead atoms. The second-order valence-electron chi connectivity index (χ2n) is 8.44. The zero-order valence-electron chi connectivity index (χ0n) is 18.9. The summed E-state index contributed by atoms with van der Waals surface area (Å²) in [4.78, 5) is 29.5. The summed E-state index contributed by atoms with van der Waals surface area (Å²) in [7, 11) is 0. The van der Waals surface area contributed by atoms with Gasteiger partial charge in [0, 0.05) is 24.9 Å². The minimum absolute atomic E-state index is 0.0121. The van der Waals surface area contributed by atoms with Crippen LogP contribution in [0.2, 0.25) is 0 Å². The fourth-order valence-corrected chi connectivity index (χ4v) is 3.63. The van der Waals surface area contributed by atoms with E-state index in [0.717, 1.165) is 36.3 Å². The van der Waals surface area contributed by atoms with Gasteiger partial charge in [-0.05, 0) is 75.9 Å². The summed E-state index contributed by atoms with van der Waals surface area (Å²) >= 11 is 0. The van der Waals surface area contributed by atoms with Crippen molar-refractivity contribution >= 4 is 17.6 Å². The van der Waals surface area contributed by atoms with Gasteiger partial charge >= 0.3 is 6.03 Å². The van der Waals surface area contributed by atoms with Gasteiger partial charge in [-0.3, -0.25) is 4.79 Å². The van der Waals surface area contributed by atoms with E-state index in [-0.39, 0.29) is 30.6 Å². The van der Waals surface area contributed by atoms with E-state index in [0.29, 0.717) is 18.8 Å². The van der Waals surface area contributed by atoms with Crippen molar-refractivity contribution in [3.63, 3.8) is 0 Å². The van der Waals surface area contributed by atoms with Crippen molar-refractivity contribution in [1.82, 2.24) is 9.80 Å². The molecular formula is C24H33N3O4. The van der Waals surface area contributed by atoms with Crippen LogP contribution in [0, 0.1) is 13.8 Å². The lowest BCUT2D eigenvalue weighted by Gasteiger charge is -2.31. The Balaban J connectivity index is 1.69. The highest BCUT2D eigenvalue weighted by Gasteiger charge is 2.27. The molecule has 0 spiro atoms. The van der Waals surface area contributed by atoms with Crippen LogP contribution in [0.1, 0.15) is 43.6 Å². The number of carbonyl (C=O) groups is 2. The zero-order valence-corrected chi connectivity index (χ0v) is 18.9. The Morgan fingerprint density at radius 1 is 1.19 bits per heavy atom. The Morgan fingerprint density at radius 2 is 2.00 bits per heavy atom. The molecule has 0 saturated carbocycles. The quantitative estimate of drug-likeness (QED) is 0.680. The average Bonchev–Trinajstić information content (AvgIpc) is 3.42. The number of hydrogen-bond donors (Lipinski definition) is 1. The number of amides is 3. The monoisotopic (exact) mass is 427 g/mol. The Hall–Kier alpha value is -2.80. The third kappa shape index (κ3) is 6.34. The van der Waals surface area contributed by atoms with E-state index in [4.69, 9.17) is 9.15 Å². The van der Waals surface area contributed by atoms with Crippen LogP contribution in [0.4, 0.5) is 10.5 Å². The number of nitrogens with zero attached hydrogens (tertiary/aromatic N) is 2. The molecule has 1 aromatic heterocycles. The van der Waals surface area contributed by atoms with Gasteiger partial charge in [0.1, 0.15) is 12.3 Å². The van der Waals surface area contributed by atoms with Crippen LogP contribution in [0.3, 0.4) is 0 Å². The molecule has 3 rings (SSSR count). The smallest absolute Gasteiger partial charge is 0.322 e. The first kappa shape index (κ1) is 22.9. The predicted octanol–water partition coefficient (Wildman–Crippen LogP) is 4.35. The highest BCUT2D eigenvalue weighted by Crippen LogP contribution is 2.18. The summed E-state index contributed by atoms with van der Waals surface area (Å²) < 4.78 is 11.2. The van der Waals surface area contributed by atoms with Crippen molar-refractivity contribution < 1.29 is 18.7 Å². The van der Waals surface area contributed by atoms with Crippen molar-refractivity contribution in [3.8, 4) is 0 Å². The molecule has 2 heterocycles. The lowest BCUT2D eigenvalue weighted by Crippen LogP contribution is -2.48. The topological polar surface area (TPSA) is 75.0 Å². The first-order chi connectivity index (χ1) is 14.8.